The second kappa shape index (κ2) is 6.20. The van der Waals surface area contributed by atoms with Gasteiger partial charge < -0.3 is 0 Å². The van der Waals surface area contributed by atoms with E-state index in [4.69, 9.17) is 0 Å². The van der Waals surface area contributed by atoms with Crippen molar-refractivity contribution in [1.29, 1.82) is 0 Å². The van der Waals surface area contributed by atoms with Crippen LogP contribution in [0.25, 0.3) is 0 Å². The van der Waals surface area contributed by atoms with Crippen LogP contribution in [0, 0.1) is 50.2 Å². The molecule has 8 atom stereocenters. The largest absolute Gasteiger partial charge is 0.0785 e. The van der Waals surface area contributed by atoms with Crippen LogP contribution in [0.2, 0.25) is 0 Å². The summed E-state index contributed by atoms with van der Waals surface area (Å²) in [7, 11) is 0. The van der Waals surface area contributed by atoms with Crippen LogP contribution >= 0.6 is 0 Å². The van der Waals surface area contributed by atoms with Gasteiger partial charge in [0.1, 0.15) is 0 Å². The van der Waals surface area contributed by atoms with E-state index in [1.807, 2.05) is 5.57 Å². The van der Waals surface area contributed by atoms with Crippen molar-refractivity contribution in [3.63, 3.8) is 0 Å². The molecule has 5 rings (SSSR count). The molecule has 30 heavy (non-hydrogen) atoms. The zero-order chi connectivity index (χ0) is 21.8. The molecule has 0 aromatic heterocycles. The topological polar surface area (TPSA) is 0 Å². The molecule has 0 saturated heterocycles. The fraction of sp³-hybridized carbons (Fsp3) is 0.933. The molecule has 0 aromatic rings. The highest BCUT2D eigenvalue weighted by Crippen LogP contribution is 2.77. The lowest BCUT2D eigenvalue weighted by Gasteiger charge is -2.73. The van der Waals surface area contributed by atoms with Gasteiger partial charge in [-0.2, -0.15) is 0 Å². The average molecular weight is 411 g/mol. The van der Waals surface area contributed by atoms with E-state index in [1.54, 1.807) is 0 Å². The summed E-state index contributed by atoms with van der Waals surface area (Å²) in [6.07, 6.45) is 18.9. The van der Waals surface area contributed by atoms with Crippen LogP contribution in [0.15, 0.2) is 11.6 Å². The van der Waals surface area contributed by atoms with Crippen molar-refractivity contribution < 1.29 is 0 Å². The Labute approximate surface area is 188 Å². The van der Waals surface area contributed by atoms with Gasteiger partial charge in [-0.05, 0) is 108 Å². The molecule has 0 bridgehead atoms. The highest BCUT2D eigenvalue weighted by Gasteiger charge is 2.68. The zero-order valence-electron chi connectivity index (χ0n) is 21.6. The Bertz CT molecular complexity index is 758. The molecular formula is C30H50. The summed E-state index contributed by atoms with van der Waals surface area (Å²) in [6.45, 7) is 21.2. The first-order valence-corrected chi connectivity index (χ1v) is 13.5. The first kappa shape index (κ1) is 21.6. The monoisotopic (exact) mass is 410 g/mol. The van der Waals surface area contributed by atoms with Crippen LogP contribution in [0.1, 0.15) is 126 Å². The molecule has 170 valence electrons. The van der Waals surface area contributed by atoms with Gasteiger partial charge in [-0.25, -0.2) is 0 Å². The minimum atomic E-state index is 0.390. The average Bonchev–Trinajstić information content (AvgIpc) is 2.67. The van der Waals surface area contributed by atoms with Gasteiger partial charge in [0.2, 0.25) is 0 Å². The third-order valence-electron chi connectivity index (χ3n) is 13.1. The quantitative estimate of drug-likeness (QED) is 0.349. The van der Waals surface area contributed by atoms with Gasteiger partial charge >= 0.3 is 0 Å². The predicted octanol–water partition coefficient (Wildman–Crippen LogP) is 9.20. The van der Waals surface area contributed by atoms with Crippen molar-refractivity contribution in [2.75, 3.05) is 0 Å². The standard InChI is InChI=1S/C30H50/c1-21-10-9-11-22-27(21,5)13-12-23-28(22,6)17-19-30(8)24-20-25(2,3)14-15-26(24,4)16-18-29(23,30)7/h20-23H,9-19H2,1-8H3. The van der Waals surface area contributed by atoms with Gasteiger partial charge in [0.15, 0.2) is 0 Å². The maximum absolute atomic E-state index is 2.80. The van der Waals surface area contributed by atoms with Gasteiger partial charge in [0.05, 0.1) is 0 Å². The van der Waals surface area contributed by atoms with Crippen LogP contribution < -0.4 is 0 Å². The molecule has 0 heterocycles. The molecular weight excluding hydrogens is 360 g/mol. The fourth-order valence-corrected chi connectivity index (χ4v) is 10.6. The molecule has 0 aliphatic heterocycles. The van der Waals surface area contributed by atoms with Gasteiger partial charge in [-0.15, -0.1) is 0 Å². The lowest BCUT2D eigenvalue weighted by molar-refractivity contribution is -0.211. The van der Waals surface area contributed by atoms with E-state index in [1.165, 1.54) is 70.6 Å². The van der Waals surface area contributed by atoms with Crippen LogP contribution in [0.4, 0.5) is 0 Å². The summed E-state index contributed by atoms with van der Waals surface area (Å²) in [5, 5.41) is 0. The summed E-state index contributed by atoms with van der Waals surface area (Å²) >= 11 is 0. The van der Waals surface area contributed by atoms with Crippen molar-refractivity contribution in [1.82, 2.24) is 0 Å². The number of hydrogen-bond donors (Lipinski definition) is 0. The van der Waals surface area contributed by atoms with Gasteiger partial charge in [-0.1, -0.05) is 79.9 Å². The number of allylic oxidation sites excluding steroid dienone is 2. The Morgan fingerprint density at radius 1 is 0.667 bits per heavy atom. The molecule has 0 radical (unpaired) electrons. The van der Waals surface area contributed by atoms with E-state index < -0.39 is 0 Å². The SMILES string of the molecule is CC1CCCC2C1(C)CCC1C2(C)CCC2(C)C3=CC(C)(C)CCC3(C)CCC12C. The first-order chi connectivity index (χ1) is 13.8. The van der Waals surface area contributed by atoms with Crippen molar-refractivity contribution in [3.8, 4) is 0 Å². The molecule has 4 saturated carbocycles. The third kappa shape index (κ3) is 2.52. The van der Waals surface area contributed by atoms with Crippen molar-refractivity contribution in [2.45, 2.75) is 126 Å². The molecule has 8 unspecified atom stereocenters. The Morgan fingerprint density at radius 3 is 2.10 bits per heavy atom. The van der Waals surface area contributed by atoms with E-state index >= 15 is 0 Å². The van der Waals surface area contributed by atoms with E-state index in [9.17, 15) is 0 Å². The van der Waals surface area contributed by atoms with Gasteiger partial charge in [0, 0.05) is 0 Å². The molecule has 5 aliphatic rings. The zero-order valence-corrected chi connectivity index (χ0v) is 21.6. The smallest absolute Gasteiger partial charge is 0.00539 e. The Hall–Kier alpha value is -0.260. The second-order valence-corrected chi connectivity index (χ2v) is 14.8. The molecule has 0 heteroatoms. The van der Waals surface area contributed by atoms with Gasteiger partial charge in [-0.3, -0.25) is 0 Å². The lowest BCUT2D eigenvalue weighted by atomic mass is 9.32. The Balaban J connectivity index is 1.59. The molecule has 0 aromatic carbocycles. The summed E-state index contributed by atoms with van der Waals surface area (Å²) < 4.78 is 0. The van der Waals surface area contributed by atoms with Crippen LogP contribution in [-0.2, 0) is 0 Å². The predicted molar refractivity (Wildman–Crippen MR) is 129 cm³/mol. The molecule has 0 amide bonds. The summed E-state index contributed by atoms with van der Waals surface area (Å²) in [6, 6.07) is 0. The van der Waals surface area contributed by atoms with Crippen molar-refractivity contribution >= 4 is 0 Å². The maximum Gasteiger partial charge on any atom is -0.00539 e. The summed E-state index contributed by atoms with van der Waals surface area (Å²) in [4.78, 5) is 0. The minimum Gasteiger partial charge on any atom is -0.0785 e. The first-order valence-electron chi connectivity index (χ1n) is 13.5. The van der Waals surface area contributed by atoms with Crippen LogP contribution in [0.5, 0.6) is 0 Å². The molecule has 5 aliphatic carbocycles. The maximum atomic E-state index is 2.80. The van der Waals surface area contributed by atoms with E-state index in [0.29, 0.717) is 32.5 Å². The Morgan fingerprint density at radius 2 is 1.37 bits per heavy atom. The number of hydrogen-bond acceptors (Lipinski definition) is 0. The second-order valence-electron chi connectivity index (χ2n) is 14.8. The normalized spacial score (nSPS) is 57.3. The van der Waals surface area contributed by atoms with E-state index in [2.05, 4.69) is 61.5 Å². The fourth-order valence-electron chi connectivity index (χ4n) is 10.6. The van der Waals surface area contributed by atoms with E-state index in [-0.39, 0.29) is 0 Å². The van der Waals surface area contributed by atoms with Crippen LogP contribution in [0.3, 0.4) is 0 Å². The molecule has 0 N–H and O–H groups in total. The highest BCUT2D eigenvalue weighted by molar-refractivity contribution is 5.35. The molecule has 0 nitrogen and oxygen atoms in total. The van der Waals surface area contributed by atoms with Crippen LogP contribution in [-0.4, -0.2) is 0 Å². The van der Waals surface area contributed by atoms with Crippen molar-refractivity contribution in [3.05, 3.63) is 11.6 Å². The number of rotatable bonds is 0. The molecule has 0 spiro atoms. The number of fused-ring (bicyclic) bond motifs is 7. The minimum absolute atomic E-state index is 0.390. The Kier molecular flexibility index (Phi) is 4.46. The van der Waals surface area contributed by atoms with Gasteiger partial charge in [0.25, 0.3) is 0 Å². The third-order valence-corrected chi connectivity index (χ3v) is 13.1. The summed E-state index contributed by atoms with van der Waals surface area (Å²) in [5.41, 5.74) is 4.82. The summed E-state index contributed by atoms with van der Waals surface area (Å²) in [5.74, 6) is 2.80. The van der Waals surface area contributed by atoms with E-state index in [0.717, 1.165) is 17.8 Å². The molecule has 4 fully saturated rings. The lowest BCUT2D eigenvalue weighted by Crippen LogP contribution is -2.65. The van der Waals surface area contributed by atoms with Crippen molar-refractivity contribution in [2.24, 2.45) is 50.2 Å². The highest BCUT2D eigenvalue weighted by atomic mass is 14.7.